The molecule has 19 heavy (non-hydrogen) atoms. The minimum absolute atomic E-state index is 0.0194. The lowest BCUT2D eigenvalue weighted by atomic mass is 10.2. The number of carboxylic acids is 1. The van der Waals surface area contributed by atoms with Crippen LogP contribution in [0.3, 0.4) is 0 Å². The van der Waals surface area contributed by atoms with Crippen molar-refractivity contribution in [2.45, 2.75) is 4.90 Å². The van der Waals surface area contributed by atoms with E-state index in [-0.39, 0.29) is 17.1 Å². The zero-order valence-corrected chi connectivity index (χ0v) is 11.0. The average Bonchev–Trinajstić information content (AvgIpc) is 2.41. The fourth-order valence-corrected chi connectivity index (χ4v) is 2.05. The fourth-order valence-electron chi connectivity index (χ4n) is 1.53. The summed E-state index contributed by atoms with van der Waals surface area (Å²) in [5.74, 6) is -0.416. The number of nitrogen functional groups attached to an aromatic ring is 1. The molecule has 0 aliphatic heterocycles. The Labute approximate surface area is 114 Å². The first-order valence-corrected chi connectivity index (χ1v) is 6.64. The van der Waals surface area contributed by atoms with Gasteiger partial charge >= 0.3 is 5.97 Å². The number of hydrogen-bond donors (Lipinski definition) is 2. The normalized spacial score (nSPS) is 10.2. The molecular formula is C13H12N2O3S. The summed E-state index contributed by atoms with van der Waals surface area (Å²) in [5.41, 5.74) is 5.75. The Morgan fingerprint density at radius 1 is 1.37 bits per heavy atom. The third-order valence-electron chi connectivity index (χ3n) is 2.46. The van der Waals surface area contributed by atoms with Gasteiger partial charge in [-0.2, -0.15) is 0 Å². The van der Waals surface area contributed by atoms with Gasteiger partial charge in [0.05, 0.1) is 5.56 Å². The summed E-state index contributed by atoms with van der Waals surface area (Å²) >= 11 is 1.52. The van der Waals surface area contributed by atoms with Gasteiger partial charge in [-0.15, -0.1) is 11.8 Å². The molecule has 0 spiro atoms. The largest absolute Gasteiger partial charge is 0.478 e. The van der Waals surface area contributed by atoms with Crippen molar-refractivity contribution in [1.82, 2.24) is 4.98 Å². The van der Waals surface area contributed by atoms with Crippen molar-refractivity contribution in [2.75, 3.05) is 12.0 Å². The van der Waals surface area contributed by atoms with E-state index in [1.807, 2.05) is 24.5 Å². The maximum atomic E-state index is 11.0. The first-order valence-electron chi connectivity index (χ1n) is 5.42. The van der Waals surface area contributed by atoms with Crippen LogP contribution in [0.5, 0.6) is 11.6 Å². The molecule has 98 valence electrons. The van der Waals surface area contributed by atoms with Gasteiger partial charge in [-0.3, -0.25) is 0 Å². The second kappa shape index (κ2) is 5.62. The Hall–Kier alpha value is -2.21. The molecule has 6 heteroatoms. The zero-order chi connectivity index (χ0) is 13.8. The highest BCUT2D eigenvalue weighted by atomic mass is 32.2. The molecule has 5 nitrogen and oxygen atoms in total. The molecule has 0 radical (unpaired) electrons. The highest BCUT2D eigenvalue weighted by molar-refractivity contribution is 7.98. The van der Waals surface area contributed by atoms with Crippen LogP contribution in [0.4, 0.5) is 5.69 Å². The molecule has 3 N–H and O–H groups in total. The van der Waals surface area contributed by atoms with Gasteiger partial charge in [-0.05, 0) is 24.5 Å². The van der Waals surface area contributed by atoms with Gasteiger partial charge in [0.1, 0.15) is 11.4 Å². The van der Waals surface area contributed by atoms with Gasteiger partial charge in [-0.25, -0.2) is 9.78 Å². The van der Waals surface area contributed by atoms with Gasteiger partial charge in [0.2, 0.25) is 5.88 Å². The second-order valence-electron chi connectivity index (χ2n) is 3.64. The van der Waals surface area contributed by atoms with Gasteiger partial charge in [-0.1, -0.05) is 12.1 Å². The second-order valence-corrected chi connectivity index (χ2v) is 4.48. The van der Waals surface area contributed by atoms with Crippen LogP contribution < -0.4 is 10.5 Å². The van der Waals surface area contributed by atoms with Crippen molar-refractivity contribution in [3.63, 3.8) is 0 Å². The third-order valence-corrected chi connectivity index (χ3v) is 3.24. The molecule has 1 heterocycles. The summed E-state index contributed by atoms with van der Waals surface area (Å²) < 4.78 is 5.60. The lowest BCUT2D eigenvalue weighted by Crippen LogP contribution is -2.05. The molecule has 0 fully saturated rings. The van der Waals surface area contributed by atoms with Crippen LogP contribution >= 0.6 is 11.8 Å². The number of pyridine rings is 1. The van der Waals surface area contributed by atoms with E-state index in [4.69, 9.17) is 15.6 Å². The van der Waals surface area contributed by atoms with Crippen molar-refractivity contribution >= 4 is 23.4 Å². The molecule has 0 bridgehead atoms. The van der Waals surface area contributed by atoms with Crippen LogP contribution in [-0.4, -0.2) is 22.3 Å². The number of hydrogen-bond acceptors (Lipinski definition) is 5. The zero-order valence-electron chi connectivity index (χ0n) is 10.2. The lowest BCUT2D eigenvalue weighted by Gasteiger charge is -2.11. The number of aromatic nitrogens is 1. The number of benzene rings is 1. The number of carboxylic acid groups (broad SMARTS) is 1. The summed E-state index contributed by atoms with van der Waals surface area (Å²) in [6, 6.07) is 8.73. The van der Waals surface area contributed by atoms with Gasteiger partial charge in [0.15, 0.2) is 0 Å². The van der Waals surface area contributed by atoms with E-state index in [1.165, 1.54) is 24.0 Å². The molecule has 1 aromatic carbocycles. The molecule has 0 atom stereocenters. The molecular weight excluding hydrogens is 264 g/mol. The Balaban J connectivity index is 2.39. The Kier molecular flexibility index (Phi) is 3.91. The van der Waals surface area contributed by atoms with Crippen LogP contribution in [0.2, 0.25) is 0 Å². The van der Waals surface area contributed by atoms with E-state index in [9.17, 15) is 4.79 Å². The van der Waals surface area contributed by atoms with Gasteiger partial charge < -0.3 is 15.6 Å². The lowest BCUT2D eigenvalue weighted by molar-refractivity contribution is 0.0697. The number of aromatic carboxylic acids is 1. The monoisotopic (exact) mass is 276 g/mol. The Morgan fingerprint density at radius 3 is 2.79 bits per heavy atom. The van der Waals surface area contributed by atoms with Crippen LogP contribution in [0.25, 0.3) is 0 Å². The molecule has 0 aliphatic carbocycles. The smallest absolute Gasteiger partial charge is 0.338 e. The molecule has 0 saturated heterocycles. The highest BCUT2D eigenvalue weighted by Crippen LogP contribution is 2.33. The molecule has 2 rings (SSSR count). The summed E-state index contributed by atoms with van der Waals surface area (Å²) in [6.45, 7) is 0. The Bertz CT molecular complexity index is 617. The summed E-state index contributed by atoms with van der Waals surface area (Å²) in [6.07, 6.45) is 3.28. The van der Waals surface area contributed by atoms with Crippen LogP contribution in [0.15, 0.2) is 41.4 Å². The first kappa shape index (κ1) is 13.2. The first-order chi connectivity index (χ1) is 9.13. The number of thioether (sulfide) groups is 1. The van der Waals surface area contributed by atoms with Crippen molar-refractivity contribution in [3.05, 3.63) is 42.1 Å². The quantitative estimate of drug-likeness (QED) is 0.835. The Morgan fingerprint density at radius 2 is 2.11 bits per heavy atom. The summed E-state index contributed by atoms with van der Waals surface area (Å²) in [4.78, 5) is 15.9. The number of nitrogens with zero attached hydrogens (tertiary/aromatic N) is 1. The minimum Gasteiger partial charge on any atom is -0.478 e. The molecule has 1 aromatic heterocycles. The molecule has 0 aliphatic rings. The number of carbonyl (C=O) groups is 1. The fraction of sp³-hybridized carbons (Fsp3) is 0.0769. The van der Waals surface area contributed by atoms with E-state index in [2.05, 4.69) is 4.98 Å². The topological polar surface area (TPSA) is 85.4 Å². The van der Waals surface area contributed by atoms with E-state index >= 15 is 0 Å². The van der Waals surface area contributed by atoms with E-state index in [0.717, 1.165) is 4.90 Å². The highest BCUT2D eigenvalue weighted by Gasteiger charge is 2.14. The maximum Gasteiger partial charge on any atom is 0.338 e. The SMILES string of the molecule is CSc1ccccc1Oc1nccc(C(=O)O)c1N. The number of para-hydroxylation sites is 1. The molecule has 0 unspecified atom stereocenters. The standard InChI is InChI=1S/C13H12N2O3S/c1-19-10-5-3-2-4-9(10)18-12-11(14)8(13(16)17)6-7-15-12/h2-7H,14H2,1H3,(H,16,17). The summed E-state index contributed by atoms with van der Waals surface area (Å²) in [7, 11) is 0. The third kappa shape index (κ3) is 2.79. The van der Waals surface area contributed by atoms with Gasteiger partial charge in [0, 0.05) is 11.1 Å². The van der Waals surface area contributed by atoms with E-state index < -0.39 is 5.97 Å². The van der Waals surface area contributed by atoms with E-state index in [0.29, 0.717) is 5.75 Å². The number of rotatable bonds is 4. The summed E-state index contributed by atoms with van der Waals surface area (Å²) in [5, 5.41) is 8.99. The van der Waals surface area contributed by atoms with Crippen molar-refractivity contribution in [3.8, 4) is 11.6 Å². The van der Waals surface area contributed by atoms with Crippen LogP contribution in [0, 0.1) is 0 Å². The number of anilines is 1. The van der Waals surface area contributed by atoms with Crippen LogP contribution in [0.1, 0.15) is 10.4 Å². The molecule has 0 amide bonds. The predicted octanol–water partition coefficient (Wildman–Crippen LogP) is 2.88. The van der Waals surface area contributed by atoms with Crippen molar-refractivity contribution in [1.29, 1.82) is 0 Å². The number of ether oxygens (including phenoxy) is 1. The number of nitrogens with two attached hydrogens (primary N) is 1. The van der Waals surface area contributed by atoms with Crippen LogP contribution in [-0.2, 0) is 0 Å². The van der Waals surface area contributed by atoms with Crippen molar-refractivity contribution < 1.29 is 14.6 Å². The molecule has 0 saturated carbocycles. The molecule has 2 aromatic rings. The van der Waals surface area contributed by atoms with Crippen molar-refractivity contribution in [2.24, 2.45) is 0 Å². The average molecular weight is 276 g/mol. The minimum atomic E-state index is -1.11. The maximum absolute atomic E-state index is 11.0. The predicted molar refractivity (Wildman–Crippen MR) is 73.9 cm³/mol. The van der Waals surface area contributed by atoms with E-state index in [1.54, 1.807) is 6.07 Å². The van der Waals surface area contributed by atoms with Gasteiger partial charge in [0.25, 0.3) is 0 Å².